The van der Waals surface area contributed by atoms with Crippen molar-refractivity contribution in [1.82, 2.24) is 15.6 Å². The SMILES string of the molecule is CCNC(=NCc1csc(C(C)C)n1)NCCC(O)c1ccccc1.I. The van der Waals surface area contributed by atoms with E-state index in [1.807, 2.05) is 37.3 Å². The molecule has 5 nitrogen and oxygen atoms in total. The van der Waals surface area contributed by atoms with E-state index in [0.29, 0.717) is 25.4 Å². The Hall–Kier alpha value is -1.19. The summed E-state index contributed by atoms with van der Waals surface area (Å²) in [5, 5.41) is 19.9. The second-order valence-corrected chi connectivity index (χ2v) is 7.06. The summed E-state index contributed by atoms with van der Waals surface area (Å²) in [7, 11) is 0. The number of hydrogen-bond acceptors (Lipinski definition) is 4. The first-order valence-corrected chi connectivity index (χ1v) is 9.67. The minimum Gasteiger partial charge on any atom is -0.388 e. The second-order valence-electron chi connectivity index (χ2n) is 6.17. The molecule has 1 aromatic carbocycles. The highest BCUT2D eigenvalue weighted by atomic mass is 127. The maximum atomic E-state index is 10.2. The quantitative estimate of drug-likeness (QED) is 0.298. The lowest BCUT2D eigenvalue weighted by Crippen LogP contribution is -2.38. The van der Waals surface area contributed by atoms with E-state index >= 15 is 0 Å². The van der Waals surface area contributed by atoms with Crippen LogP contribution in [0, 0.1) is 0 Å². The van der Waals surface area contributed by atoms with Crippen molar-refractivity contribution < 1.29 is 5.11 Å². The highest BCUT2D eigenvalue weighted by Gasteiger charge is 2.08. The number of nitrogens with one attached hydrogen (secondary N) is 2. The van der Waals surface area contributed by atoms with E-state index in [0.717, 1.165) is 28.8 Å². The van der Waals surface area contributed by atoms with Crippen molar-refractivity contribution in [2.24, 2.45) is 4.99 Å². The van der Waals surface area contributed by atoms with E-state index in [2.05, 4.69) is 39.8 Å². The molecular weight excluding hydrogens is 459 g/mol. The molecule has 2 aromatic rings. The molecule has 0 aliphatic heterocycles. The topological polar surface area (TPSA) is 69.5 Å². The Morgan fingerprint density at radius 1 is 1.23 bits per heavy atom. The summed E-state index contributed by atoms with van der Waals surface area (Å²) in [5.74, 6) is 1.20. The molecular formula is C19H29IN4OS. The van der Waals surface area contributed by atoms with E-state index in [1.165, 1.54) is 0 Å². The van der Waals surface area contributed by atoms with Crippen molar-refractivity contribution in [3.05, 3.63) is 52.0 Å². The maximum Gasteiger partial charge on any atom is 0.191 e. The Balaban J connectivity index is 0.00000338. The van der Waals surface area contributed by atoms with Crippen LogP contribution < -0.4 is 10.6 Å². The third kappa shape index (κ3) is 7.59. The summed E-state index contributed by atoms with van der Waals surface area (Å²) in [4.78, 5) is 9.19. The molecule has 144 valence electrons. The standard InChI is InChI=1S/C19H28N4OS.HI/c1-4-20-19(22-12-16-13-25-18(23-16)14(2)3)21-11-10-17(24)15-8-6-5-7-9-15;/h5-9,13-14,17,24H,4,10-12H2,1-3H3,(H2,20,21,22);1H. The molecule has 0 saturated heterocycles. The lowest BCUT2D eigenvalue weighted by molar-refractivity contribution is 0.168. The van der Waals surface area contributed by atoms with E-state index < -0.39 is 6.10 Å². The van der Waals surface area contributed by atoms with Crippen LogP contribution in [0.5, 0.6) is 0 Å². The van der Waals surface area contributed by atoms with Crippen LogP contribution in [0.25, 0.3) is 0 Å². The van der Waals surface area contributed by atoms with Gasteiger partial charge in [-0.15, -0.1) is 35.3 Å². The van der Waals surface area contributed by atoms with Gasteiger partial charge < -0.3 is 15.7 Å². The zero-order valence-electron chi connectivity index (χ0n) is 15.6. The van der Waals surface area contributed by atoms with Gasteiger partial charge in [-0.3, -0.25) is 0 Å². The van der Waals surface area contributed by atoms with Gasteiger partial charge in [0, 0.05) is 24.4 Å². The molecule has 1 aromatic heterocycles. The van der Waals surface area contributed by atoms with E-state index in [-0.39, 0.29) is 24.0 Å². The first kappa shape index (κ1) is 22.9. The molecule has 3 N–H and O–H groups in total. The first-order chi connectivity index (χ1) is 12.1. The number of aliphatic imine (C=N–C) groups is 1. The lowest BCUT2D eigenvalue weighted by Gasteiger charge is -2.14. The number of hydrogen-bond donors (Lipinski definition) is 3. The highest BCUT2D eigenvalue weighted by molar-refractivity contribution is 14.0. The van der Waals surface area contributed by atoms with Gasteiger partial charge in [-0.05, 0) is 18.9 Å². The van der Waals surface area contributed by atoms with Crippen LogP contribution in [0.4, 0.5) is 0 Å². The molecule has 1 heterocycles. The number of guanidine groups is 1. The fourth-order valence-electron chi connectivity index (χ4n) is 2.33. The highest BCUT2D eigenvalue weighted by Crippen LogP contribution is 2.19. The van der Waals surface area contributed by atoms with Crippen molar-refractivity contribution in [2.45, 2.75) is 45.8 Å². The maximum absolute atomic E-state index is 10.2. The largest absolute Gasteiger partial charge is 0.388 e. The minimum absolute atomic E-state index is 0. The van der Waals surface area contributed by atoms with Crippen LogP contribution in [-0.2, 0) is 6.54 Å². The third-order valence-corrected chi connectivity index (χ3v) is 4.90. The van der Waals surface area contributed by atoms with Gasteiger partial charge in [0.25, 0.3) is 0 Å². The molecule has 0 spiro atoms. The van der Waals surface area contributed by atoms with Crippen molar-refractivity contribution in [3.8, 4) is 0 Å². The predicted molar refractivity (Wildman–Crippen MR) is 120 cm³/mol. The Kier molecular flexibility index (Phi) is 10.8. The molecule has 0 amide bonds. The van der Waals surface area contributed by atoms with Crippen LogP contribution in [0.3, 0.4) is 0 Å². The van der Waals surface area contributed by atoms with Gasteiger partial charge in [0.2, 0.25) is 0 Å². The Morgan fingerprint density at radius 2 is 1.96 bits per heavy atom. The molecule has 0 aliphatic carbocycles. The molecule has 0 radical (unpaired) electrons. The molecule has 0 fully saturated rings. The number of halogens is 1. The minimum atomic E-state index is -0.469. The van der Waals surface area contributed by atoms with Gasteiger partial charge >= 0.3 is 0 Å². The number of benzene rings is 1. The van der Waals surface area contributed by atoms with E-state index in [1.54, 1.807) is 11.3 Å². The van der Waals surface area contributed by atoms with Gasteiger partial charge in [-0.25, -0.2) is 9.98 Å². The molecule has 1 atom stereocenters. The monoisotopic (exact) mass is 488 g/mol. The average Bonchev–Trinajstić information content (AvgIpc) is 3.09. The summed E-state index contributed by atoms with van der Waals surface area (Å²) < 4.78 is 0. The predicted octanol–water partition coefficient (Wildman–Crippen LogP) is 4.06. The van der Waals surface area contributed by atoms with Crippen molar-refractivity contribution in [1.29, 1.82) is 0 Å². The number of aliphatic hydroxyl groups excluding tert-OH is 1. The third-order valence-electron chi connectivity index (χ3n) is 3.70. The molecule has 2 rings (SSSR count). The van der Waals surface area contributed by atoms with Crippen LogP contribution in [0.1, 0.15) is 55.5 Å². The van der Waals surface area contributed by atoms with Crippen LogP contribution in [0.2, 0.25) is 0 Å². The molecule has 7 heteroatoms. The lowest BCUT2D eigenvalue weighted by atomic mass is 10.1. The normalized spacial score (nSPS) is 12.6. The number of rotatable bonds is 8. The Bertz CT molecular complexity index is 661. The number of aromatic nitrogens is 1. The molecule has 0 aliphatic rings. The Labute approximate surface area is 177 Å². The van der Waals surface area contributed by atoms with Crippen molar-refractivity contribution in [2.75, 3.05) is 13.1 Å². The van der Waals surface area contributed by atoms with E-state index in [9.17, 15) is 5.11 Å². The van der Waals surface area contributed by atoms with Gasteiger partial charge in [0.15, 0.2) is 5.96 Å². The molecule has 26 heavy (non-hydrogen) atoms. The van der Waals surface area contributed by atoms with Crippen LogP contribution in [-0.4, -0.2) is 29.1 Å². The average molecular weight is 488 g/mol. The Morgan fingerprint density at radius 3 is 2.58 bits per heavy atom. The summed E-state index contributed by atoms with van der Waals surface area (Å²) in [6.45, 7) is 8.33. The van der Waals surface area contributed by atoms with Crippen LogP contribution >= 0.6 is 35.3 Å². The zero-order valence-corrected chi connectivity index (χ0v) is 18.8. The van der Waals surface area contributed by atoms with Gasteiger partial charge in [0.1, 0.15) is 0 Å². The fourth-order valence-corrected chi connectivity index (χ4v) is 3.16. The van der Waals surface area contributed by atoms with Crippen LogP contribution in [0.15, 0.2) is 40.7 Å². The molecule has 1 unspecified atom stereocenters. The zero-order chi connectivity index (χ0) is 18.1. The summed E-state index contributed by atoms with van der Waals surface area (Å²) in [6, 6.07) is 9.72. The van der Waals surface area contributed by atoms with Gasteiger partial charge in [-0.1, -0.05) is 44.2 Å². The number of thiazole rings is 1. The molecule has 0 saturated carbocycles. The second kappa shape index (κ2) is 12.2. The van der Waals surface area contributed by atoms with E-state index in [4.69, 9.17) is 0 Å². The first-order valence-electron chi connectivity index (χ1n) is 8.79. The number of nitrogens with zero attached hydrogens (tertiary/aromatic N) is 2. The summed E-state index contributed by atoms with van der Waals surface area (Å²) >= 11 is 1.69. The summed E-state index contributed by atoms with van der Waals surface area (Å²) in [5.41, 5.74) is 1.94. The smallest absolute Gasteiger partial charge is 0.191 e. The van der Waals surface area contributed by atoms with Gasteiger partial charge in [0.05, 0.1) is 23.4 Å². The number of aliphatic hydroxyl groups is 1. The fraction of sp³-hybridized carbons (Fsp3) is 0.474. The molecule has 0 bridgehead atoms. The van der Waals surface area contributed by atoms with Crippen molar-refractivity contribution >= 4 is 41.3 Å². The van der Waals surface area contributed by atoms with Crippen molar-refractivity contribution in [3.63, 3.8) is 0 Å². The summed E-state index contributed by atoms with van der Waals surface area (Å²) in [6.07, 6.45) is 0.159. The van der Waals surface area contributed by atoms with Gasteiger partial charge in [-0.2, -0.15) is 0 Å².